The summed E-state index contributed by atoms with van der Waals surface area (Å²) in [5, 5.41) is 11.1. The van der Waals surface area contributed by atoms with Crippen LogP contribution in [0.25, 0.3) is 10.9 Å². The maximum atomic E-state index is 13.1. The number of aromatic nitrogens is 1. The predicted molar refractivity (Wildman–Crippen MR) is 97.9 cm³/mol. The van der Waals surface area contributed by atoms with Crippen LogP contribution in [0.4, 0.5) is 0 Å². The predicted octanol–water partition coefficient (Wildman–Crippen LogP) is 2.77. The first-order valence-electron chi connectivity index (χ1n) is 8.77. The van der Waals surface area contributed by atoms with Crippen molar-refractivity contribution in [3.05, 3.63) is 40.6 Å². The van der Waals surface area contributed by atoms with Gasteiger partial charge in [-0.2, -0.15) is 0 Å². The molecule has 1 aliphatic rings. The molecular formula is C20H26N2O3. The minimum atomic E-state index is -0.649. The average Bonchev–Trinajstić information content (AvgIpc) is 2.87. The van der Waals surface area contributed by atoms with Crippen molar-refractivity contribution in [1.29, 1.82) is 0 Å². The highest BCUT2D eigenvalue weighted by Gasteiger charge is 2.36. The first kappa shape index (κ1) is 17.8. The standard InChI is InChI=1S/C20H26N2O3/c1-11(2)25-18-10-22(9-17(18)23)20(24)16-8-14(5)21-19-13(4)6-12(3)7-15(16)19/h6-8,11,17-18,23H,9-10H2,1-5H3/t17-,18-/m1/s1. The number of carbonyl (C=O) groups excluding carboxylic acids is 1. The maximum absolute atomic E-state index is 13.1. The summed E-state index contributed by atoms with van der Waals surface area (Å²) >= 11 is 0. The lowest BCUT2D eigenvalue weighted by molar-refractivity contribution is -0.0394. The third-order valence-corrected chi connectivity index (χ3v) is 4.58. The van der Waals surface area contributed by atoms with Gasteiger partial charge in [-0.15, -0.1) is 0 Å². The second-order valence-corrected chi connectivity index (χ2v) is 7.29. The number of carbonyl (C=O) groups is 1. The maximum Gasteiger partial charge on any atom is 0.254 e. The first-order chi connectivity index (χ1) is 11.8. The van der Waals surface area contributed by atoms with Crippen molar-refractivity contribution in [2.45, 2.75) is 52.9 Å². The minimum Gasteiger partial charge on any atom is -0.388 e. The number of likely N-dealkylation sites (tertiary alicyclic amines) is 1. The van der Waals surface area contributed by atoms with Gasteiger partial charge in [0.1, 0.15) is 6.10 Å². The summed E-state index contributed by atoms with van der Waals surface area (Å²) in [6.45, 7) is 10.5. The largest absolute Gasteiger partial charge is 0.388 e. The molecule has 1 aliphatic heterocycles. The molecule has 0 radical (unpaired) electrons. The lowest BCUT2D eigenvalue weighted by Crippen LogP contribution is -2.31. The van der Waals surface area contributed by atoms with Gasteiger partial charge in [-0.1, -0.05) is 11.6 Å². The number of fused-ring (bicyclic) bond motifs is 1. The summed E-state index contributed by atoms with van der Waals surface area (Å²) in [5.41, 5.74) is 4.50. The molecule has 2 atom stereocenters. The Morgan fingerprint density at radius 1 is 1.24 bits per heavy atom. The van der Waals surface area contributed by atoms with E-state index in [0.29, 0.717) is 18.7 Å². The Bertz CT molecular complexity index is 816. The second kappa shape index (κ2) is 6.73. The number of amides is 1. The van der Waals surface area contributed by atoms with E-state index in [2.05, 4.69) is 11.1 Å². The quantitative estimate of drug-likeness (QED) is 0.932. The van der Waals surface area contributed by atoms with E-state index in [9.17, 15) is 9.90 Å². The zero-order chi connectivity index (χ0) is 18.3. The highest BCUT2D eigenvalue weighted by atomic mass is 16.5. The van der Waals surface area contributed by atoms with Gasteiger partial charge < -0.3 is 14.7 Å². The van der Waals surface area contributed by atoms with Gasteiger partial charge >= 0.3 is 0 Å². The fourth-order valence-electron chi connectivity index (χ4n) is 3.56. The molecule has 3 rings (SSSR count). The van der Waals surface area contributed by atoms with Gasteiger partial charge in [-0.05, 0) is 52.3 Å². The van der Waals surface area contributed by atoms with Crippen LogP contribution in [0.3, 0.4) is 0 Å². The van der Waals surface area contributed by atoms with E-state index < -0.39 is 6.10 Å². The van der Waals surface area contributed by atoms with E-state index in [4.69, 9.17) is 4.74 Å². The molecule has 0 unspecified atom stereocenters. The normalized spacial score (nSPS) is 20.7. The van der Waals surface area contributed by atoms with Gasteiger partial charge in [0, 0.05) is 24.2 Å². The van der Waals surface area contributed by atoms with Crippen LogP contribution in [-0.4, -0.2) is 52.3 Å². The van der Waals surface area contributed by atoms with Gasteiger partial charge in [0.2, 0.25) is 0 Å². The molecule has 0 spiro atoms. The van der Waals surface area contributed by atoms with Crippen molar-refractivity contribution in [3.8, 4) is 0 Å². The molecule has 2 aromatic rings. The van der Waals surface area contributed by atoms with E-state index in [1.807, 2.05) is 46.8 Å². The van der Waals surface area contributed by atoms with Gasteiger partial charge in [0.15, 0.2) is 0 Å². The van der Waals surface area contributed by atoms with Crippen LogP contribution in [0.15, 0.2) is 18.2 Å². The van der Waals surface area contributed by atoms with E-state index in [0.717, 1.165) is 27.7 Å². The lowest BCUT2D eigenvalue weighted by Gasteiger charge is -2.19. The number of aliphatic hydroxyl groups excluding tert-OH is 1. The van der Waals surface area contributed by atoms with Crippen LogP contribution in [-0.2, 0) is 4.74 Å². The molecule has 0 aliphatic carbocycles. The first-order valence-corrected chi connectivity index (χ1v) is 8.77. The molecule has 0 bridgehead atoms. The van der Waals surface area contributed by atoms with Crippen LogP contribution < -0.4 is 0 Å². The highest BCUT2D eigenvalue weighted by molar-refractivity contribution is 6.07. The molecule has 5 nitrogen and oxygen atoms in total. The topological polar surface area (TPSA) is 62.7 Å². The Balaban J connectivity index is 1.98. The van der Waals surface area contributed by atoms with Crippen molar-refractivity contribution < 1.29 is 14.6 Å². The average molecular weight is 342 g/mol. The van der Waals surface area contributed by atoms with Crippen LogP contribution >= 0.6 is 0 Å². The number of hydrogen-bond acceptors (Lipinski definition) is 4. The second-order valence-electron chi connectivity index (χ2n) is 7.29. The lowest BCUT2D eigenvalue weighted by atomic mass is 10.0. The number of nitrogens with zero attached hydrogens (tertiary/aromatic N) is 2. The van der Waals surface area contributed by atoms with Gasteiger partial charge in [0.05, 0.1) is 23.3 Å². The Labute approximate surface area is 148 Å². The van der Waals surface area contributed by atoms with Gasteiger partial charge in [0.25, 0.3) is 5.91 Å². The van der Waals surface area contributed by atoms with Crippen molar-refractivity contribution in [2.75, 3.05) is 13.1 Å². The Kier molecular flexibility index (Phi) is 4.80. The van der Waals surface area contributed by atoms with Gasteiger partial charge in [-0.25, -0.2) is 0 Å². The van der Waals surface area contributed by atoms with Crippen LogP contribution in [0, 0.1) is 20.8 Å². The summed E-state index contributed by atoms with van der Waals surface area (Å²) in [4.78, 5) is 19.4. The van der Waals surface area contributed by atoms with Crippen molar-refractivity contribution in [2.24, 2.45) is 0 Å². The summed E-state index contributed by atoms with van der Waals surface area (Å²) in [7, 11) is 0. The number of hydrogen-bond donors (Lipinski definition) is 1. The third kappa shape index (κ3) is 3.53. The van der Waals surface area contributed by atoms with Crippen LogP contribution in [0.2, 0.25) is 0 Å². The number of aliphatic hydroxyl groups is 1. The van der Waals surface area contributed by atoms with Crippen molar-refractivity contribution in [1.82, 2.24) is 9.88 Å². The molecule has 2 heterocycles. The SMILES string of the molecule is Cc1cc(C)c2nc(C)cc(C(=O)N3C[C@@H](O)[C@H](OC(C)C)C3)c2c1. The summed E-state index contributed by atoms with van der Waals surface area (Å²) in [6.07, 6.45) is -0.963. The molecule has 1 fully saturated rings. The van der Waals surface area contributed by atoms with Crippen molar-refractivity contribution in [3.63, 3.8) is 0 Å². The number of rotatable bonds is 3. The molecule has 1 saturated heterocycles. The minimum absolute atomic E-state index is 0.0176. The molecule has 0 saturated carbocycles. The molecule has 5 heteroatoms. The highest BCUT2D eigenvalue weighted by Crippen LogP contribution is 2.26. The molecule has 134 valence electrons. The zero-order valence-electron chi connectivity index (χ0n) is 15.5. The smallest absolute Gasteiger partial charge is 0.254 e. The van der Waals surface area contributed by atoms with E-state index in [-0.39, 0.29) is 18.1 Å². The zero-order valence-corrected chi connectivity index (χ0v) is 15.5. The third-order valence-electron chi connectivity index (χ3n) is 4.58. The molecule has 1 amide bonds. The van der Waals surface area contributed by atoms with Crippen LogP contribution in [0.5, 0.6) is 0 Å². The Morgan fingerprint density at radius 2 is 1.96 bits per heavy atom. The summed E-state index contributed by atoms with van der Waals surface area (Å²) in [6, 6.07) is 5.93. The summed E-state index contributed by atoms with van der Waals surface area (Å²) in [5.74, 6) is -0.0746. The number of benzene rings is 1. The fourth-order valence-corrected chi connectivity index (χ4v) is 3.56. The Hall–Kier alpha value is -1.98. The van der Waals surface area contributed by atoms with Crippen LogP contribution in [0.1, 0.15) is 41.0 Å². The van der Waals surface area contributed by atoms with E-state index in [1.54, 1.807) is 4.90 Å². The van der Waals surface area contributed by atoms with E-state index in [1.165, 1.54) is 0 Å². The van der Waals surface area contributed by atoms with E-state index >= 15 is 0 Å². The van der Waals surface area contributed by atoms with Gasteiger partial charge in [-0.3, -0.25) is 9.78 Å². The molecular weight excluding hydrogens is 316 g/mol. The Morgan fingerprint density at radius 3 is 2.64 bits per heavy atom. The molecule has 1 aromatic carbocycles. The number of ether oxygens (including phenoxy) is 1. The molecule has 1 aromatic heterocycles. The number of aryl methyl sites for hydroxylation is 3. The summed E-state index contributed by atoms with van der Waals surface area (Å²) < 4.78 is 5.73. The molecule has 1 N–H and O–H groups in total. The fraction of sp³-hybridized carbons (Fsp3) is 0.500. The number of β-amino-alcohol motifs (C(OH)–C–C–N with tert-alkyl or cyclic N) is 1. The number of pyridine rings is 1. The monoisotopic (exact) mass is 342 g/mol. The van der Waals surface area contributed by atoms with Crippen molar-refractivity contribution >= 4 is 16.8 Å². The molecule has 25 heavy (non-hydrogen) atoms.